The van der Waals surface area contributed by atoms with Crippen molar-refractivity contribution in [1.82, 2.24) is 10.2 Å². The molecule has 1 heterocycles. The van der Waals surface area contributed by atoms with Crippen LogP contribution in [-0.2, 0) is 4.74 Å². The number of ether oxygens (including phenoxy) is 2. The van der Waals surface area contributed by atoms with Crippen LogP contribution in [0.4, 0.5) is 4.79 Å². The zero-order valence-corrected chi connectivity index (χ0v) is 16.0. The van der Waals surface area contributed by atoms with Crippen LogP contribution in [0.5, 0.6) is 5.75 Å². The van der Waals surface area contributed by atoms with Crippen LogP contribution in [0, 0.1) is 0 Å². The summed E-state index contributed by atoms with van der Waals surface area (Å²) in [6, 6.07) is 8.59. The quantitative estimate of drug-likeness (QED) is 0.879. The third-order valence-corrected chi connectivity index (χ3v) is 4.62. The molecule has 25 heavy (non-hydrogen) atoms. The monoisotopic (exact) mass is 346 g/mol. The Bertz CT molecular complexity index is 632. The molecule has 1 amide bonds. The summed E-state index contributed by atoms with van der Waals surface area (Å²) in [5.41, 5.74) is 0.417. The maximum Gasteiger partial charge on any atom is 0.410 e. The molecule has 1 unspecified atom stereocenters. The normalized spacial score (nSPS) is 21.4. The largest absolute Gasteiger partial charge is 0.486 e. The molecule has 5 nitrogen and oxygen atoms in total. The molecule has 0 bridgehead atoms. The van der Waals surface area contributed by atoms with Gasteiger partial charge in [0.1, 0.15) is 17.0 Å². The Balaban J connectivity index is 1.60. The highest BCUT2D eigenvalue weighted by molar-refractivity contribution is 5.69. The van der Waals surface area contributed by atoms with E-state index in [0.717, 1.165) is 18.6 Å². The van der Waals surface area contributed by atoms with Crippen molar-refractivity contribution < 1.29 is 14.3 Å². The Hall–Kier alpha value is -1.75. The molecule has 0 aromatic heterocycles. The summed E-state index contributed by atoms with van der Waals surface area (Å²) in [5.74, 6) is 0.941. The zero-order chi connectivity index (χ0) is 18.2. The summed E-state index contributed by atoms with van der Waals surface area (Å²) < 4.78 is 11.6. The lowest BCUT2D eigenvalue weighted by atomic mass is 9.94. The van der Waals surface area contributed by atoms with Gasteiger partial charge in [-0.25, -0.2) is 4.79 Å². The summed E-state index contributed by atoms with van der Waals surface area (Å²) in [5, 5.41) is 3.58. The van der Waals surface area contributed by atoms with Crippen LogP contribution < -0.4 is 10.1 Å². The average molecular weight is 346 g/mol. The van der Waals surface area contributed by atoms with Crippen molar-refractivity contribution in [3.63, 3.8) is 0 Å². The maximum absolute atomic E-state index is 12.4. The molecule has 0 spiro atoms. The summed E-state index contributed by atoms with van der Waals surface area (Å²) in [6.45, 7) is 11.3. The van der Waals surface area contributed by atoms with Gasteiger partial charge in [0.25, 0.3) is 0 Å². The van der Waals surface area contributed by atoms with Gasteiger partial charge < -0.3 is 19.7 Å². The van der Waals surface area contributed by atoms with Crippen LogP contribution in [0.1, 0.15) is 59.1 Å². The minimum absolute atomic E-state index is 0.114. The Morgan fingerprint density at radius 3 is 2.64 bits per heavy atom. The van der Waals surface area contributed by atoms with Crippen LogP contribution >= 0.6 is 0 Å². The number of amides is 1. The fourth-order valence-electron chi connectivity index (χ4n) is 3.34. The summed E-state index contributed by atoms with van der Waals surface area (Å²) in [4.78, 5) is 14.3. The molecule has 138 valence electrons. The van der Waals surface area contributed by atoms with Crippen LogP contribution in [0.3, 0.4) is 0 Å². The van der Waals surface area contributed by atoms with E-state index in [4.69, 9.17) is 9.47 Å². The Kier molecular flexibility index (Phi) is 4.71. The van der Waals surface area contributed by atoms with Gasteiger partial charge in [0.2, 0.25) is 0 Å². The first-order valence-electron chi connectivity index (χ1n) is 9.18. The summed E-state index contributed by atoms with van der Waals surface area (Å²) >= 11 is 0. The second-order valence-electron chi connectivity index (χ2n) is 8.54. The molecule has 5 heteroatoms. The molecule has 3 rings (SSSR count). The van der Waals surface area contributed by atoms with Crippen molar-refractivity contribution in [2.75, 3.05) is 13.1 Å². The summed E-state index contributed by atoms with van der Waals surface area (Å²) in [6.07, 6.45) is 1.93. The number of hydrogen-bond donors (Lipinski definition) is 1. The Labute approximate surface area is 150 Å². The van der Waals surface area contributed by atoms with Gasteiger partial charge in [0, 0.05) is 24.7 Å². The lowest BCUT2D eigenvalue weighted by molar-refractivity contribution is 0.0230. The summed E-state index contributed by atoms with van der Waals surface area (Å²) in [7, 11) is 0. The van der Waals surface area contributed by atoms with Gasteiger partial charge in [-0.15, -0.1) is 0 Å². The fourth-order valence-corrected chi connectivity index (χ4v) is 3.34. The molecule has 1 atom stereocenters. The first kappa shape index (κ1) is 18.1. The van der Waals surface area contributed by atoms with Crippen LogP contribution in [0.25, 0.3) is 0 Å². The number of hydrogen-bond acceptors (Lipinski definition) is 4. The van der Waals surface area contributed by atoms with E-state index in [2.05, 4.69) is 25.2 Å². The van der Waals surface area contributed by atoms with E-state index >= 15 is 0 Å². The van der Waals surface area contributed by atoms with E-state index in [1.54, 1.807) is 0 Å². The van der Waals surface area contributed by atoms with Crippen molar-refractivity contribution >= 4 is 6.09 Å². The molecule has 1 fully saturated rings. The molecule has 1 aliphatic carbocycles. The molecule has 1 saturated carbocycles. The van der Waals surface area contributed by atoms with E-state index < -0.39 is 5.60 Å². The molecule has 1 aromatic carbocycles. The first-order chi connectivity index (χ1) is 11.7. The Morgan fingerprint density at radius 1 is 1.32 bits per heavy atom. The van der Waals surface area contributed by atoms with Crippen molar-refractivity contribution in [1.29, 1.82) is 0 Å². The van der Waals surface area contributed by atoms with Gasteiger partial charge in [-0.1, -0.05) is 18.2 Å². The van der Waals surface area contributed by atoms with Gasteiger partial charge in [0.05, 0.1) is 6.04 Å². The van der Waals surface area contributed by atoms with Gasteiger partial charge in [0.15, 0.2) is 0 Å². The fraction of sp³-hybridized carbons (Fsp3) is 0.650. The lowest BCUT2D eigenvalue weighted by Crippen LogP contribution is -2.45. The number of nitrogens with zero attached hydrogens (tertiary/aromatic N) is 1. The smallest absolute Gasteiger partial charge is 0.410 e. The number of carbonyl (C=O) groups excluding carboxylic acids is 1. The van der Waals surface area contributed by atoms with Crippen molar-refractivity contribution in [3.05, 3.63) is 29.8 Å². The highest BCUT2D eigenvalue weighted by Gasteiger charge is 2.41. The number of fused-ring (bicyclic) bond motifs is 1. The van der Waals surface area contributed by atoms with E-state index in [1.807, 2.05) is 43.9 Å². The van der Waals surface area contributed by atoms with Gasteiger partial charge in [-0.2, -0.15) is 0 Å². The van der Waals surface area contributed by atoms with E-state index in [1.165, 1.54) is 5.56 Å². The second kappa shape index (κ2) is 6.52. The predicted molar refractivity (Wildman–Crippen MR) is 97.9 cm³/mol. The molecule has 1 aliphatic heterocycles. The van der Waals surface area contributed by atoms with Gasteiger partial charge >= 0.3 is 6.09 Å². The predicted octanol–water partition coefficient (Wildman–Crippen LogP) is 3.89. The van der Waals surface area contributed by atoms with Crippen LogP contribution in [-0.4, -0.2) is 41.3 Å². The van der Waals surface area contributed by atoms with Crippen LogP contribution in [0.15, 0.2) is 24.3 Å². The van der Waals surface area contributed by atoms with Gasteiger partial charge in [-0.3, -0.25) is 0 Å². The number of nitrogens with one attached hydrogen (secondary N) is 1. The third kappa shape index (κ3) is 4.27. The zero-order valence-electron chi connectivity index (χ0n) is 16.0. The van der Waals surface area contributed by atoms with Crippen molar-refractivity contribution in [2.45, 2.75) is 70.7 Å². The second-order valence-corrected chi connectivity index (χ2v) is 8.54. The van der Waals surface area contributed by atoms with E-state index in [0.29, 0.717) is 19.1 Å². The molecular formula is C20H30N2O3. The molecular weight excluding hydrogens is 316 g/mol. The first-order valence-corrected chi connectivity index (χ1v) is 9.18. The minimum Gasteiger partial charge on any atom is -0.486 e. The van der Waals surface area contributed by atoms with Crippen LogP contribution in [0.2, 0.25) is 0 Å². The Morgan fingerprint density at radius 2 is 2.00 bits per heavy atom. The van der Waals surface area contributed by atoms with E-state index in [9.17, 15) is 4.79 Å². The number of carbonyl (C=O) groups is 1. The molecule has 1 aromatic rings. The molecule has 0 radical (unpaired) electrons. The topological polar surface area (TPSA) is 50.8 Å². The van der Waals surface area contributed by atoms with Crippen molar-refractivity contribution in [3.8, 4) is 5.75 Å². The number of benzene rings is 1. The SMILES string of the molecule is CC(C)(C)OC(=O)N(CCNC1c2ccccc2OC1(C)C)C1CC1. The van der Waals surface area contributed by atoms with Gasteiger partial charge in [-0.05, 0) is 53.5 Å². The lowest BCUT2D eigenvalue weighted by Gasteiger charge is -2.30. The highest BCUT2D eigenvalue weighted by atomic mass is 16.6. The molecule has 0 saturated heterocycles. The average Bonchev–Trinajstić information content (AvgIpc) is 3.26. The highest BCUT2D eigenvalue weighted by Crippen LogP contribution is 2.42. The standard InChI is InChI=1S/C20H30N2O3/c1-19(2,3)25-18(23)22(14-10-11-14)13-12-21-17-15-8-6-7-9-16(15)24-20(17,4)5/h6-9,14,17,21H,10-13H2,1-5H3. The minimum atomic E-state index is -0.460. The van der Waals surface area contributed by atoms with Crippen molar-refractivity contribution in [2.24, 2.45) is 0 Å². The molecule has 2 aliphatic rings. The van der Waals surface area contributed by atoms with E-state index in [-0.39, 0.29) is 17.7 Å². The molecule has 1 N–H and O–H groups in total. The number of rotatable bonds is 5. The maximum atomic E-state index is 12.4. The third-order valence-electron chi connectivity index (χ3n) is 4.62. The number of para-hydroxylation sites is 1.